The Morgan fingerprint density at radius 2 is 1.87 bits per heavy atom. The van der Waals surface area contributed by atoms with Crippen molar-refractivity contribution in [2.75, 3.05) is 12.9 Å². The molecule has 23 heavy (non-hydrogen) atoms. The standard InChI is InChI=1S/C12H13F5O4S2/c1-4(12(15,16)17)3-21-10-5-6(9(18)8(14)7(5)13)11(22-10)23(2,19)20/h4,7-9,18H,3H2,1-2H3/t4?,7-,8+,9-/m0/s1. The Kier molecular flexibility index (Phi) is 4.68. The number of fused-ring (bicyclic) bond motifs is 1. The van der Waals surface area contributed by atoms with Crippen molar-refractivity contribution in [3.05, 3.63) is 11.1 Å². The summed E-state index contributed by atoms with van der Waals surface area (Å²) < 4.78 is 92.8. The van der Waals surface area contributed by atoms with E-state index in [1.807, 2.05) is 0 Å². The maximum absolute atomic E-state index is 14.0. The van der Waals surface area contributed by atoms with E-state index in [-0.39, 0.29) is 0 Å². The maximum atomic E-state index is 14.0. The average molecular weight is 380 g/mol. The summed E-state index contributed by atoms with van der Waals surface area (Å²) in [6, 6.07) is 0. The van der Waals surface area contributed by atoms with Crippen LogP contribution in [0.25, 0.3) is 0 Å². The molecular formula is C12H13F5O4S2. The first-order valence-electron chi connectivity index (χ1n) is 6.38. The Morgan fingerprint density at radius 1 is 1.30 bits per heavy atom. The molecule has 1 heterocycles. The van der Waals surface area contributed by atoms with E-state index in [0.29, 0.717) is 11.3 Å². The molecule has 0 aliphatic heterocycles. The van der Waals surface area contributed by atoms with Crippen LogP contribution in [0.3, 0.4) is 0 Å². The van der Waals surface area contributed by atoms with Gasteiger partial charge in [0.1, 0.15) is 16.9 Å². The minimum absolute atomic E-state index is 0.387. The molecule has 11 heteroatoms. The highest BCUT2D eigenvalue weighted by Crippen LogP contribution is 2.54. The quantitative estimate of drug-likeness (QED) is 0.816. The van der Waals surface area contributed by atoms with Gasteiger partial charge < -0.3 is 9.84 Å². The van der Waals surface area contributed by atoms with Crippen LogP contribution < -0.4 is 4.74 Å². The lowest BCUT2D eigenvalue weighted by atomic mass is 10.2. The van der Waals surface area contributed by atoms with Gasteiger partial charge in [0.05, 0.1) is 11.5 Å². The SMILES string of the molecule is CC(COc1sc(S(C)(=O)=O)c2c1[C@H](F)[C@@H](F)[C@H]2O)C(F)(F)F. The van der Waals surface area contributed by atoms with Crippen LogP contribution in [0.2, 0.25) is 0 Å². The van der Waals surface area contributed by atoms with E-state index in [2.05, 4.69) is 0 Å². The highest BCUT2D eigenvalue weighted by Gasteiger charge is 2.48. The van der Waals surface area contributed by atoms with Crippen LogP contribution >= 0.6 is 11.3 Å². The van der Waals surface area contributed by atoms with Crippen LogP contribution in [-0.4, -0.2) is 38.7 Å². The zero-order valence-corrected chi connectivity index (χ0v) is 13.5. The number of thiophene rings is 1. The lowest BCUT2D eigenvalue weighted by Crippen LogP contribution is -2.25. The van der Waals surface area contributed by atoms with Gasteiger partial charge in [-0.2, -0.15) is 13.2 Å². The van der Waals surface area contributed by atoms with E-state index >= 15 is 0 Å². The third kappa shape index (κ3) is 3.31. The number of ether oxygens (including phenoxy) is 1. The number of hydrogen-bond acceptors (Lipinski definition) is 5. The van der Waals surface area contributed by atoms with Gasteiger partial charge in [0.15, 0.2) is 27.2 Å². The van der Waals surface area contributed by atoms with E-state index in [0.717, 1.165) is 13.2 Å². The van der Waals surface area contributed by atoms with Gasteiger partial charge in [-0.25, -0.2) is 17.2 Å². The van der Waals surface area contributed by atoms with Crippen LogP contribution in [0.4, 0.5) is 22.0 Å². The molecule has 1 aliphatic carbocycles. The lowest BCUT2D eigenvalue weighted by Gasteiger charge is -2.16. The van der Waals surface area contributed by atoms with Crippen LogP contribution in [-0.2, 0) is 9.84 Å². The minimum Gasteiger partial charge on any atom is -0.483 e. The van der Waals surface area contributed by atoms with Gasteiger partial charge in [0.2, 0.25) is 0 Å². The Hall–Kier alpha value is -0.940. The summed E-state index contributed by atoms with van der Waals surface area (Å²) in [5, 5.41) is 9.22. The number of rotatable bonds is 4. The normalized spacial score (nSPS) is 26.2. The fourth-order valence-corrected chi connectivity index (χ4v) is 4.54. The van der Waals surface area contributed by atoms with E-state index in [1.54, 1.807) is 0 Å². The molecule has 0 saturated carbocycles. The zero-order valence-electron chi connectivity index (χ0n) is 11.9. The molecule has 0 spiro atoms. The highest BCUT2D eigenvalue weighted by molar-refractivity contribution is 7.92. The fourth-order valence-electron chi connectivity index (χ4n) is 2.11. The third-order valence-electron chi connectivity index (χ3n) is 3.43. The molecule has 0 fully saturated rings. The largest absolute Gasteiger partial charge is 0.483 e. The Balaban J connectivity index is 2.42. The summed E-state index contributed by atoms with van der Waals surface area (Å²) in [5.74, 6) is -1.88. The smallest absolute Gasteiger partial charge is 0.394 e. The molecule has 1 aromatic heterocycles. The summed E-state index contributed by atoms with van der Waals surface area (Å²) >= 11 is 0.387. The molecule has 1 N–H and O–H groups in total. The molecule has 4 atom stereocenters. The molecular weight excluding hydrogens is 367 g/mol. The summed E-state index contributed by atoms with van der Waals surface area (Å²) in [7, 11) is -3.93. The first kappa shape index (κ1) is 18.4. The average Bonchev–Trinajstić information content (AvgIpc) is 2.88. The monoisotopic (exact) mass is 380 g/mol. The van der Waals surface area contributed by atoms with Crippen molar-refractivity contribution < 1.29 is 40.2 Å². The van der Waals surface area contributed by atoms with Gasteiger partial charge in [0, 0.05) is 11.8 Å². The number of aliphatic hydroxyl groups excluding tert-OH is 1. The molecule has 0 saturated heterocycles. The van der Waals surface area contributed by atoms with Gasteiger partial charge in [-0.1, -0.05) is 18.3 Å². The van der Waals surface area contributed by atoms with Crippen LogP contribution in [0.1, 0.15) is 30.3 Å². The lowest BCUT2D eigenvalue weighted by molar-refractivity contribution is -0.176. The second-order valence-electron chi connectivity index (χ2n) is 5.32. The van der Waals surface area contributed by atoms with Gasteiger partial charge >= 0.3 is 6.18 Å². The van der Waals surface area contributed by atoms with Crippen LogP contribution in [0, 0.1) is 5.92 Å². The zero-order chi connectivity index (χ0) is 17.7. The molecule has 0 amide bonds. The second-order valence-corrected chi connectivity index (χ2v) is 8.52. The van der Waals surface area contributed by atoms with Crippen molar-refractivity contribution in [2.24, 2.45) is 5.92 Å². The number of alkyl halides is 5. The summed E-state index contributed by atoms with van der Waals surface area (Å²) in [6.07, 6.45) is -10.5. The summed E-state index contributed by atoms with van der Waals surface area (Å²) in [5.41, 5.74) is -0.989. The van der Waals surface area contributed by atoms with Crippen molar-refractivity contribution in [1.82, 2.24) is 0 Å². The summed E-state index contributed by atoms with van der Waals surface area (Å²) in [4.78, 5) is 0. The van der Waals surface area contributed by atoms with Crippen LogP contribution in [0.5, 0.6) is 5.06 Å². The van der Waals surface area contributed by atoms with Gasteiger partial charge in [0.25, 0.3) is 0 Å². The number of aliphatic hydroxyl groups is 1. The van der Waals surface area contributed by atoms with E-state index < -0.39 is 67.4 Å². The van der Waals surface area contributed by atoms with E-state index in [9.17, 15) is 35.5 Å². The van der Waals surface area contributed by atoms with E-state index in [1.165, 1.54) is 0 Å². The molecule has 1 aliphatic rings. The molecule has 0 aromatic carbocycles. The molecule has 2 rings (SSSR count). The first-order chi connectivity index (χ1) is 10.4. The van der Waals surface area contributed by atoms with Gasteiger partial charge in [-0.3, -0.25) is 0 Å². The number of sulfone groups is 1. The van der Waals surface area contributed by atoms with Crippen molar-refractivity contribution >= 4 is 21.2 Å². The van der Waals surface area contributed by atoms with Crippen molar-refractivity contribution in [3.63, 3.8) is 0 Å². The minimum atomic E-state index is -4.54. The second kappa shape index (κ2) is 5.85. The number of halogens is 5. The van der Waals surface area contributed by atoms with Crippen LogP contribution in [0.15, 0.2) is 4.21 Å². The Labute approximate surface area is 132 Å². The highest BCUT2D eigenvalue weighted by atomic mass is 32.2. The topological polar surface area (TPSA) is 63.6 Å². The predicted octanol–water partition coefficient (Wildman–Crippen LogP) is 3.12. The first-order valence-corrected chi connectivity index (χ1v) is 9.08. The fraction of sp³-hybridized carbons (Fsp3) is 0.667. The van der Waals surface area contributed by atoms with E-state index in [4.69, 9.17) is 4.74 Å². The molecule has 0 radical (unpaired) electrons. The van der Waals surface area contributed by atoms with Crippen molar-refractivity contribution in [1.29, 1.82) is 0 Å². The molecule has 0 bridgehead atoms. The third-order valence-corrected chi connectivity index (χ3v) is 6.41. The van der Waals surface area contributed by atoms with Gasteiger partial charge in [-0.15, -0.1) is 0 Å². The van der Waals surface area contributed by atoms with Crippen molar-refractivity contribution in [2.45, 2.75) is 35.8 Å². The maximum Gasteiger partial charge on any atom is 0.394 e. The van der Waals surface area contributed by atoms with Crippen molar-refractivity contribution in [3.8, 4) is 5.06 Å². The molecule has 4 nitrogen and oxygen atoms in total. The Bertz CT molecular complexity index is 697. The summed E-state index contributed by atoms with van der Waals surface area (Å²) in [6.45, 7) is -0.0372. The predicted molar refractivity (Wildman–Crippen MR) is 71.8 cm³/mol. The molecule has 1 unspecified atom stereocenters. The molecule has 1 aromatic rings. The van der Waals surface area contributed by atoms with Gasteiger partial charge in [-0.05, 0) is 0 Å². The number of hydrogen-bond donors (Lipinski definition) is 1. The Morgan fingerprint density at radius 3 is 2.35 bits per heavy atom. The molecule has 132 valence electrons.